The van der Waals surface area contributed by atoms with E-state index in [1.54, 1.807) is 11.3 Å². The number of alkyl halides is 1. The molecule has 2 aromatic rings. The number of hydrogen-bond acceptors (Lipinski definition) is 4. The number of nitriles is 1. The minimum Gasteiger partial charge on any atom is -0.354 e. The highest BCUT2D eigenvalue weighted by Gasteiger charge is 2.16. The predicted molar refractivity (Wildman–Crippen MR) is 70.7 cm³/mol. The molecule has 0 unspecified atom stereocenters. The second-order valence-electron chi connectivity index (χ2n) is 3.56. The van der Waals surface area contributed by atoms with E-state index in [1.807, 2.05) is 16.0 Å². The molecule has 0 radical (unpaired) electrons. The number of thiazole rings is 1. The largest absolute Gasteiger partial charge is 0.354 e. The molecule has 2 aromatic heterocycles. The van der Waals surface area contributed by atoms with Gasteiger partial charge in [-0.05, 0) is 6.92 Å². The van der Waals surface area contributed by atoms with Gasteiger partial charge in [-0.1, -0.05) is 0 Å². The Balaban J connectivity index is 2.38. The van der Waals surface area contributed by atoms with E-state index in [0.717, 1.165) is 23.0 Å². The van der Waals surface area contributed by atoms with E-state index < -0.39 is 0 Å². The normalized spacial score (nSPS) is 10.6. The number of fused-ring (bicyclic) bond motifs is 1. The van der Waals surface area contributed by atoms with Gasteiger partial charge in [-0.15, -0.1) is 22.9 Å². The van der Waals surface area contributed by atoms with Gasteiger partial charge in [0.05, 0.1) is 24.1 Å². The summed E-state index contributed by atoms with van der Waals surface area (Å²) in [6.07, 6.45) is 2.48. The third kappa shape index (κ3) is 2.24. The second kappa shape index (κ2) is 5.39. The first-order chi connectivity index (χ1) is 8.31. The minimum atomic E-state index is 0.427. The van der Waals surface area contributed by atoms with Crippen molar-refractivity contribution >= 4 is 33.7 Å². The zero-order valence-electron chi connectivity index (χ0n) is 9.56. The summed E-state index contributed by atoms with van der Waals surface area (Å²) in [5.74, 6) is 1.33. The predicted octanol–water partition coefficient (Wildman–Crippen LogP) is 2.87. The first kappa shape index (κ1) is 12.2. The molecule has 0 saturated heterocycles. The maximum Gasteiger partial charge on any atom is 0.195 e. The molecular weight excluding hydrogens is 256 g/mol. The van der Waals surface area contributed by atoms with Crippen molar-refractivity contribution in [2.45, 2.75) is 19.2 Å². The Morgan fingerprint density at radius 2 is 2.47 bits per heavy atom. The van der Waals surface area contributed by atoms with Gasteiger partial charge < -0.3 is 4.90 Å². The molecule has 0 aromatic carbocycles. The van der Waals surface area contributed by atoms with E-state index in [2.05, 4.69) is 22.9 Å². The second-order valence-corrected chi connectivity index (χ2v) is 4.70. The zero-order valence-corrected chi connectivity index (χ0v) is 11.1. The van der Waals surface area contributed by atoms with Gasteiger partial charge in [0.25, 0.3) is 0 Å². The Kier molecular flexibility index (Phi) is 3.87. The van der Waals surface area contributed by atoms with Gasteiger partial charge in [0.15, 0.2) is 10.8 Å². The average Bonchev–Trinajstić information content (AvgIpc) is 2.90. The summed E-state index contributed by atoms with van der Waals surface area (Å²) in [5, 5.41) is 10.7. The van der Waals surface area contributed by atoms with Gasteiger partial charge in [0.2, 0.25) is 0 Å². The fourth-order valence-corrected chi connectivity index (χ4v) is 2.77. The Bertz CT molecular complexity index is 539. The molecule has 4 nitrogen and oxygen atoms in total. The summed E-state index contributed by atoms with van der Waals surface area (Å²) in [6.45, 7) is 3.58. The van der Waals surface area contributed by atoms with Crippen molar-refractivity contribution in [1.82, 2.24) is 9.38 Å². The summed E-state index contributed by atoms with van der Waals surface area (Å²) in [4.78, 5) is 7.63. The lowest BCUT2D eigenvalue weighted by atomic mass is 10.3. The quantitative estimate of drug-likeness (QED) is 0.783. The fourth-order valence-electron chi connectivity index (χ4n) is 1.80. The SMILES string of the molecule is CCN(CCC#N)c1nc2sccn2c1CCl. The van der Waals surface area contributed by atoms with E-state index in [1.165, 1.54) is 0 Å². The van der Waals surface area contributed by atoms with Crippen LogP contribution in [0.4, 0.5) is 5.82 Å². The van der Waals surface area contributed by atoms with Gasteiger partial charge >= 0.3 is 0 Å². The molecule has 2 heterocycles. The van der Waals surface area contributed by atoms with Crippen LogP contribution in [0.15, 0.2) is 11.6 Å². The molecule has 0 saturated carbocycles. The van der Waals surface area contributed by atoms with E-state index in [9.17, 15) is 0 Å². The van der Waals surface area contributed by atoms with Crippen LogP contribution in [0, 0.1) is 11.3 Å². The van der Waals surface area contributed by atoms with Crippen molar-refractivity contribution in [1.29, 1.82) is 5.26 Å². The van der Waals surface area contributed by atoms with E-state index in [4.69, 9.17) is 16.9 Å². The summed E-state index contributed by atoms with van der Waals surface area (Å²) in [6, 6.07) is 2.16. The van der Waals surface area contributed by atoms with Crippen molar-refractivity contribution in [3.63, 3.8) is 0 Å². The maximum absolute atomic E-state index is 8.66. The molecule has 0 N–H and O–H groups in total. The zero-order chi connectivity index (χ0) is 12.3. The standard InChI is InChI=1S/C11H13ClN4S/c1-2-15(5-3-4-13)10-9(8-12)16-6-7-17-11(16)14-10/h6-7H,2-3,5,8H2,1H3. The molecule has 0 fully saturated rings. The highest BCUT2D eigenvalue weighted by molar-refractivity contribution is 7.15. The monoisotopic (exact) mass is 268 g/mol. The highest BCUT2D eigenvalue weighted by Crippen LogP contribution is 2.26. The minimum absolute atomic E-state index is 0.427. The molecule has 0 bridgehead atoms. The van der Waals surface area contributed by atoms with Crippen LogP contribution < -0.4 is 4.90 Å². The van der Waals surface area contributed by atoms with E-state index in [-0.39, 0.29) is 0 Å². The third-order valence-electron chi connectivity index (χ3n) is 2.64. The van der Waals surface area contributed by atoms with Crippen molar-refractivity contribution in [3.05, 3.63) is 17.3 Å². The van der Waals surface area contributed by atoms with Gasteiger partial charge in [0.1, 0.15) is 0 Å². The molecule has 0 spiro atoms. The van der Waals surface area contributed by atoms with Crippen LogP contribution in [0.5, 0.6) is 0 Å². The molecule has 0 aliphatic rings. The molecule has 0 amide bonds. The molecule has 2 rings (SSSR count). The summed E-state index contributed by atoms with van der Waals surface area (Å²) >= 11 is 7.59. The number of rotatable bonds is 5. The number of nitrogens with zero attached hydrogens (tertiary/aromatic N) is 4. The van der Waals surface area contributed by atoms with Crippen LogP contribution in [0.25, 0.3) is 4.96 Å². The number of halogens is 1. The number of aromatic nitrogens is 2. The lowest BCUT2D eigenvalue weighted by Crippen LogP contribution is -2.25. The molecule has 90 valence electrons. The Labute approximate surface area is 109 Å². The van der Waals surface area contributed by atoms with Crippen LogP contribution in [0.3, 0.4) is 0 Å². The highest BCUT2D eigenvalue weighted by atomic mass is 35.5. The van der Waals surface area contributed by atoms with Crippen LogP contribution >= 0.6 is 22.9 Å². The Hall–Kier alpha value is -1.25. The van der Waals surface area contributed by atoms with E-state index in [0.29, 0.717) is 18.8 Å². The van der Waals surface area contributed by atoms with Crippen LogP contribution in [-0.2, 0) is 5.88 Å². The summed E-state index contributed by atoms with van der Waals surface area (Å²) < 4.78 is 2.02. The van der Waals surface area contributed by atoms with Crippen molar-refractivity contribution in [2.24, 2.45) is 0 Å². The number of hydrogen-bond donors (Lipinski definition) is 0. The first-order valence-electron chi connectivity index (χ1n) is 5.44. The molecule has 17 heavy (non-hydrogen) atoms. The molecule has 0 aliphatic heterocycles. The van der Waals surface area contributed by atoms with Crippen molar-refractivity contribution < 1.29 is 0 Å². The maximum atomic E-state index is 8.66. The lowest BCUT2D eigenvalue weighted by molar-refractivity contribution is 0.809. The average molecular weight is 269 g/mol. The van der Waals surface area contributed by atoms with Crippen molar-refractivity contribution in [2.75, 3.05) is 18.0 Å². The van der Waals surface area contributed by atoms with Crippen LogP contribution in [-0.4, -0.2) is 22.5 Å². The Morgan fingerprint density at radius 3 is 3.12 bits per heavy atom. The number of anilines is 1. The number of imidazole rings is 1. The summed E-state index contributed by atoms with van der Waals surface area (Å²) in [5.41, 5.74) is 1.00. The van der Waals surface area contributed by atoms with Gasteiger partial charge in [-0.3, -0.25) is 4.40 Å². The lowest BCUT2D eigenvalue weighted by Gasteiger charge is -2.20. The third-order valence-corrected chi connectivity index (χ3v) is 3.65. The topological polar surface area (TPSA) is 44.3 Å². The van der Waals surface area contributed by atoms with E-state index >= 15 is 0 Å². The molecule has 0 aliphatic carbocycles. The fraction of sp³-hybridized carbons (Fsp3) is 0.455. The van der Waals surface area contributed by atoms with Crippen molar-refractivity contribution in [3.8, 4) is 6.07 Å². The van der Waals surface area contributed by atoms with Crippen LogP contribution in [0.2, 0.25) is 0 Å². The first-order valence-corrected chi connectivity index (χ1v) is 6.85. The van der Waals surface area contributed by atoms with Crippen LogP contribution in [0.1, 0.15) is 19.0 Å². The molecule has 6 heteroatoms. The summed E-state index contributed by atoms with van der Waals surface area (Å²) in [7, 11) is 0. The smallest absolute Gasteiger partial charge is 0.195 e. The molecule has 0 atom stereocenters. The van der Waals surface area contributed by atoms with Gasteiger partial charge in [-0.25, -0.2) is 4.98 Å². The molecular formula is C11H13ClN4S. The van der Waals surface area contributed by atoms with Gasteiger partial charge in [-0.2, -0.15) is 5.26 Å². The van der Waals surface area contributed by atoms with Gasteiger partial charge in [0, 0.05) is 24.7 Å². The Morgan fingerprint density at radius 1 is 1.65 bits per heavy atom.